The van der Waals surface area contributed by atoms with Crippen molar-refractivity contribution < 1.29 is 0 Å². The Hall–Kier alpha value is -2.51. The Bertz CT molecular complexity index is 1510. The summed E-state index contributed by atoms with van der Waals surface area (Å²) >= 11 is 39.4. The predicted octanol–water partition coefficient (Wildman–Crippen LogP) is 8.33. The van der Waals surface area contributed by atoms with E-state index < -0.39 is 15.2 Å². The van der Waals surface area contributed by atoms with Crippen molar-refractivity contribution in [1.29, 1.82) is 0 Å². The minimum Gasteiger partial charge on any atom is -0.0843 e. The minimum atomic E-state index is -3.21. The third kappa shape index (κ3) is 5.57. The Labute approximate surface area is 289 Å². The van der Waals surface area contributed by atoms with Gasteiger partial charge in [-0.15, -0.1) is 0 Å². The van der Waals surface area contributed by atoms with E-state index in [1.165, 1.54) is 31.1 Å². The lowest BCUT2D eigenvalue weighted by Gasteiger charge is -2.50. The summed E-state index contributed by atoms with van der Waals surface area (Å²) < 4.78 is 0. The lowest BCUT2D eigenvalue weighted by molar-refractivity contribution is 1.66. The first-order valence-corrected chi connectivity index (χ1v) is 21.1. The van der Waals surface area contributed by atoms with Crippen molar-refractivity contribution in [3.8, 4) is 0 Å². The van der Waals surface area contributed by atoms with Crippen LogP contribution in [0, 0.1) is 0 Å². The molecule has 0 bridgehead atoms. The molecule has 0 radical (unpaired) electrons. The van der Waals surface area contributed by atoms with Crippen LogP contribution in [0.5, 0.6) is 0 Å². The van der Waals surface area contributed by atoms with Gasteiger partial charge in [0, 0.05) is 30.1 Å². The smallest absolute Gasteiger partial charge is 0.0843 e. The highest BCUT2D eigenvalue weighted by atomic mass is 35.5. The molecular formula is C36H24Cl6Si2. The van der Waals surface area contributed by atoms with Gasteiger partial charge in [0.25, 0.3) is 0 Å². The van der Waals surface area contributed by atoms with Gasteiger partial charge < -0.3 is 0 Å². The van der Waals surface area contributed by atoms with Crippen molar-refractivity contribution in [1.82, 2.24) is 0 Å². The van der Waals surface area contributed by atoms with Crippen molar-refractivity contribution in [3.63, 3.8) is 0 Å². The molecule has 0 saturated carbocycles. The van der Waals surface area contributed by atoms with E-state index in [0.29, 0.717) is 30.1 Å². The van der Waals surface area contributed by atoms with Crippen LogP contribution in [-0.2, 0) is 0 Å². The van der Waals surface area contributed by atoms with Crippen LogP contribution in [0.4, 0.5) is 0 Å². The molecule has 44 heavy (non-hydrogen) atoms. The topological polar surface area (TPSA) is 0 Å². The zero-order valence-electron chi connectivity index (χ0n) is 23.1. The molecule has 0 saturated heterocycles. The highest BCUT2D eigenvalue weighted by Gasteiger charge is 2.61. The SMILES string of the molecule is Clc1ccc([Si](c2ccc(Cl)cc2)(c2ccc(Cl)cc2)[Si](c2ccc(Cl)cc2)(c2ccc(Cl)cc2)c2ccc(Cl)cc2)cc1. The zero-order valence-corrected chi connectivity index (χ0v) is 29.7. The van der Waals surface area contributed by atoms with Gasteiger partial charge in [0.15, 0.2) is 15.2 Å². The van der Waals surface area contributed by atoms with Gasteiger partial charge >= 0.3 is 0 Å². The van der Waals surface area contributed by atoms with Crippen molar-refractivity contribution >= 4 is 116 Å². The molecule has 0 fully saturated rings. The first-order valence-electron chi connectivity index (χ1n) is 13.8. The Kier molecular flexibility index (Phi) is 9.36. The van der Waals surface area contributed by atoms with Crippen LogP contribution in [0.15, 0.2) is 146 Å². The molecule has 0 amide bonds. The van der Waals surface area contributed by atoms with Gasteiger partial charge in [0.05, 0.1) is 0 Å². The predicted molar refractivity (Wildman–Crippen MR) is 198 cm³/mol. The quantitative estimate of drug-likeness (QED) is 0.115. The Morgan fingerprint density at radius 3 is 0.432 bits per heavy atom. The lowest BCUT2D eigenvalue weighted by atomic mass is 10.3. The van der Waals surface area contributed by atoms with Gasteiger partial charge in [-0.25, -0.2) is 0 Å². The van der Waals surface area contributed by atoms with E-state index in [2.05, 4.69) is 72.8 Å². The van der Waals surface area contributed by atoms with E-state index in [0.717, 1.165) is 0 Å². The maximum absolute atomic E-state index is 6.56. The summed E-state index contributed by atoms with van der Waals surface area (Å²) in [5.74, 6) is 0. The molecule has 218 valence electrons. The van der Waals surface area contributed by atoms with Gasteiger partial charge in [-0.2, -0.15) is 0 Å². The van der Waals surface area contributed by atoms with Crippen molar-refractivity contribution in [2.45, 2.75) is 0 Å². The maximum Gasteiger partial charge on any atom is 0.154 e. The fraction of sp³-hybridized carbons (Fsp3) is 0. The molecule has 8 heteroatoms. The maximum atomic E-state index is 6.56. The summed E-state index contributed by atoms with van der Waals surface area (Å²) in [5.41, 5.74) is 0. The van der Waals surface area contributed by atoms with E-state index in [-0.39, 0.29) is 0 Å². The van der Waals surface area contributed by atoms with E-state index in [9.17, 15) is 0 Å². The van der Waals surface area contributed by atoms with Crippen LogP contribution in [0.1, 0.15) is 0 Å². The molecule has 0 aliphatic rings. The first kappa shape index (κ1) is 31.5. The highest BCUT2D eigenvalue weighted by Crippen LogP contribution is 2.26. The summed E-state index contributed by atoms with van der Waals surface area (Å²) in [6.07, 6.45) is 0. The number of benzene rings is 6. The molecule has 0 N–H and O–H groups in total. The second-order valence-electron chi connectivity index (χ2n) is 10.5. The van der Waals surface area contributed by atoms with Crippen LogP contribution in [0.2, 0.25) is 30.1 Å². The first-order chi connectivity index (χ1) is 21.2. The van der Waals surface area contributed by atoms with E-state index >= 15 is 0 Å². The van der Waals surface area contributed by atoms with Crippen molar-refractivity contribution in [2.75, 3.05) is 0 Å². The molecule has 0 aromatic heterocycles. The van der Waals surface area contributed by atoms with Crippen LogP contribution >= 0.6 is 69.6 Å². The average Bonchev–Trinajstić information content (AvgIpc) is 3.03. The van der Waals surface area contributed by atoms with Crippen LogP contribution < -0.4 is 31.1 Å². The highest BCUT2D eigenvalue weighted by molar-refractivity contribution is 7.67. The second kappa shape index (κ2) is 13.1. The molecule has 0 atom stereocenters. The molecule has 0 nitrogen and oxygen atoms in total. The van der Waals surface area contributed by atoms with E-state index in [4.69, 9.17) is 69.6 Å². The van der Waals surface area contributed by atoms with E-state index in [1.807, 2.05) is 72.8 Å². The van der Waals surface area contributed by atoms with Gasteiger partial charge in [0.2, 0.25) is 0 Å². The number of hydrogen-bond donors (Lipinski definition) is 0. The average molecular weight is 725 g/mol. The van der Waals surface area contributed by atoms with Crippen LogP contribution in [-0.4, -0.2) is 15.2 Å². The fourth-order valence-electron chi connectivity index (χ4n) is 6.50. The molecule has 6 rings (SSSR count). The summed E-state index contributed by atoms with van der Waals surface area (Å²) in [7, 11) is -6.43. The monoisotopic (exact) mass is 722 g/mol. The zero-order chi connectivity index (χ0) is 30.9. The molecule has 0 unspecified atom stereocenters. The Balaban J connectivity index is 1.94. The van der Waals surface area contributed by atoms with Gasteiger partial charge in [-0.3, -0.25) is 0 Å². The Morgan fingerprint density at radius 1 is 0.205 bits per heavy atom. The number of halogens is 6. The van der Waals surface area contributed by atoms with Crippen LogP contribution in [0.25, 0.3) is 0 Å². The summed E-state index contributed by atoms with van der Waals surface area (Å²) in [5, 5.41) is 11.2. The van der Waals surface area contributed by atoms with Crippen LogP contribution in [0.3, 0.4) is 0 Å². The molecule has 0 spiro atoms. The molecule has 0 aliphatic carbocycles. The molecule has 0 heterocycles. The third-order valence-corrected chi connectivity index (χ3v) is 26.6. The Morgan fingerprint density at radius 2 is 0.318 bits per heavy atom. The normalized spacial score (nSPS) is 11.9. The van der Waals surface area contributed by atoms with E-state index in [1.54, 1.807) is 0 Å². The standard InChI is InChI=1S/C36H24Cl6Si2/c37-25-1-13-31(14-2-25)43(32-15-3-26(38)4-16-32,33-17-5-27(39)6-18-33)44(34-19-7-28(40)8-20-34,35-21-9-29(41)10-22-35)36-23-11-30(42)12-24-36/h1-24H. The van der Waals surface area contributed by atoms with Gasteiger partial charge in [0.1, 0.15) is 0 Å². The van der Waals surface area contributed by atoms with Gasteiger partial charge in [-0.1, -0.05) is 174 Å². The molecule has 6 aromatic rings. The molecule has 0 aliphatic heterocycles. The summed E-state index contributed by atoms with van der Waals surface area (Å²) in [6.45, 7) is 0. The number of hydrogen-bond acceptors (Lipinski definition) is 0. The number of rotatable bonds is 7. The second-order valence-corrected chi connectivity index (χ2v) is 24.1. The largest absolute Gasteiger partial charge is 0.154 e. The van der Waals surface area contributed by atoms with Crippen molar-refractivity contribution in [3.05, 3.63) is 176 Å². The lowest BCUT2D eigenvalue weighted by Crippen LogP contribution is -2.94. The van der Waals surface area contributed by atoms with Gasteiger partial charge in [-0.05, 0) is 72.8 Å². The molecular weight excluding hydrogens is 701 g/mol. The molecule has 6 aromatic carbocycles. The van der Waals surface area contributed by atoms with Crippen molar-refractivity contribution in [2.24, 2.45) is 0 Å². The minimum absolute atomic E-state index is 0.667. The summed E-state index contributed by atoms with van der Waals surface area (Å²) in [6, 6.07) is 50.0. The summed E-state index contributed by atoms with van der Waals surface area (Å²) in [4.78, 5) is 0. The fourth-order valence-corrected chi connectivity index (χ4v) is 26.6. The third-order valence-electron chi connectivity index (χ3n) is 8.23.